The molecule has 0 fully saturated rings. The van der Waals surface area contributed by atoms with Gasteiger partial charge in [0.1, 0.15) is 5.82 Å². The highest BCUT2D eigenvalue weighted by Gasteiger charge is 2.05. The van der Waals surface area contributed by atoms with Crippen molar-refractivity contribution in [3.63, 3.8) is 0 Å². The van der Waals surface area contributed by atoms with E-state index in [0.29, 0.717) is 21.2 Å². The van der Waals surface area contributed by atoms with Crippen LogP contribution in [0, 0.1) is 5.82 Å². The zero-order valence-corrected chi connectivity index (χ0v) is 9.06. The predicted octanol–water partition coefficient (Wildman–Crippen LogP) is 4.19. The molecule has 0 aliphatic carbocycles. The second kappa shape index (κ2) is 4.17. The van der Waals surface area contributed by atoms with Gasteiger partial charge >= 0.3 is 0 Å². The van der Waals surface area contributed by atoms with Crippen LogP contribution in [-0.2, 0) is 0 Å². The van der Waals surface area contributed by atoms with Crippen molar-refractivity contribution in [1.29, 1.82) is 0 Å². The van der Waals surface area contributed by atoms with Crippen LogP contribution in [-0.4, -0.2) is 4.98 Å². The van der Waals surface area contributed by atoms with Crippen LogP contribution < -0.4 is 0 Å². The molecule has 1 aromatic heterocycles. The maximum absolute atomic E-state index is 12.9. The number of hydrogen-bond acceptors (Lipinski definition) is 1. The van der Waals surface area contributed by atoms with Gasteiger partial charge in [0.25, 0.3) is 0 Å². The zero-order chi connectivity index (χ0) is 10.8. The summed E-state index contributed by atoms with van der Waals surface area (Å²) in [7, 11) is 0. The summed E-state index contributed by atoms with van der Waals surface area (Å²) >= 11 is 11.7. The molecule has 0 saturated carbocycles. The van der Waals surface area contributed by atoms with Crippen molar-refractivity contribution in [3.05, 3.63) is 52.5 Å². The lowest BCUT2D eigenvalue weighted by Gasteiger charge is -2.04. The van der Waals surface area contributed by atoms with Gasteiger partial charge in [-0.1, -0.05) is 29.3 Å². The smallest absolute Gasteiger partial charge is 0.142 e. The van der Waals surface area contributed by atoms with E-state index in [1.165, 1.54) is 6.07 Å². The average Bonchev–Trinajstić information content (AvgIpc) is 2.17. The molecule has 0 aliphatic heterocycles. The molecule has 1 heterocycles. The summed E-state index contributed by atoms with van der Waals surface area (Å²) in [6.07, 6.45) is 2.70. The molecule has 0 atom stereocenters. The van der Waals surface area contributed by atoms with Crippen LogP contribution in [0.3, 0.4) is 0 Å². The van der Waals surface area contributed by atoms with Crippen molar-refractivity contribution in [2.75, 3.05) is 0 Å². The van der Waals surface area contributed by atoms with Crippen molar-refractivity contribution in [1.82, 2.24) is 4.98 Å². The largest absolute Gasteiger partial charge is 0.261 e. The first-order valence-corrected chi connectivity index (χ1v) is 4.98. The number of pyridine rings is 1. The lowest BCUT2D eigenvalue weighted by molar-refractivity contribution is 0.622. The quantitative estimate of drug-likeness (QED) is 0.730. The van der Waals surface area contributed by atoms with Crippen LogP contribution >= 0.6 is 23.2 Å². The molecule has 0 amide bonds. The third-order valence-electron chi connectivity index (χ3n) is 1.95. The Balaban J connectivity index is 2.54. The third kappa shape index (κ3) is 2.28. The van der Waals surface area contributed by atoms with Crippen LogP contribution in [0.2, 0.25) is 10.0 Å². The molecule has 4 heteroatoms. The van der Waals surface area contributed by atoms with Crippen LogP contribution in [0.4, 0.5) is 4.39 Å². The van der Waals surface area contributed by atoms with Crippen LogP contribution in [0.15, 0.2) is 36.7 Å². The third-order valence-corrected chi connectivity index (χ3v) is 2.49. The van der Waals surface area contributed by atoms with Crippen LogP contribution in [0.1, 0.15) is 0 Å². The Morgan fingerprint density at radius 2 is 1.87 bits per heavy atom. The molecule has 76 valence electrons. The molecule has 0 N–H and O–H groups in total. The number of halogens is 3. The van der Waals surface area contributed by atoms with Gasteiger partial charge in [-0.3, -0.25) is 4.98 Å². The van der Waals surface area contributed by atoms with Gasteiger partial charge in [-0.05, 0) is 18.2 Å². The molecule has 0 aliphatic rings. The Labute approximate surface area is 96.5 Å². The Morgan fingerprint density at radius 3 is 2.53 bits per heavy atom. The minimum absolute atomic E-state index is 0.390. The standard InChI is InChI=1S/C11H6Cl2FN/c12-8-1-2-10(11(13)4-8)7-3-9(14)6-15-5-7/h1-6H. The fourth-order valence-corrected chi connectivity index (χ4v) is 1.80. The molecule has 0 radical (unpaired) electrons. The van der Waals surface area contributed by atoms with E-state index >= 15 is 0 Å². The second-order valence-electron chi connectivity index (χ2n) is 3.02. The van der Waals surface area contributed by atoms with Gasteiger partial charge in [-0.2, -0.15) is 0 Å². The number of nitrogens with zero attached hydrogens (tertiary/aromatic N) is 1. The maximum atomic E-state index is 12.9. The highest BCUT2D eigenvalue weighted by molar-refractivity contribution is 6.36. The molecule has 0 spiro atoms. The summed E-state index contributed by atoms with van der Waals surface area (Å²) in [6.45, 7) is 0. The molecule has 1 aromatic carbocycles. The fourth-order valence-electron chi connectivity index (χ4n) is 1.28. The van der Waals surface area contributed by atoms with E-state index in [1.807, 2.05) is 0 Å². The van der Waals surface area contributed by atoms with Gasteiger partial charge in [-0.15, -0.1) is 0 Å². The van der Waals surface area contributed by atoms with Crippen molar-refractivity contribution in [2.45, 2.75) is 0 Å². The van der Waals surface area contributed by atoms with Crippen molar-refractivity contribution < 1.29 is 4.39 Å². The Bertz CT molecular complexity index is 500. The molecule has 2 aromatic rings. The van der Waals surface area contributed by atoms with E-state index in [-0.39, 0.29) is 0 Å². The fraction of sp³-hybridized carbons (Fsp3) is 0. The first-order chi connectivity index (χ1) is 7.16. The zero-order valence-electron chi connectivity index (χ0n) is 7.55. The summed E-state index contributed by atoms with van der Waals surface area (Å²) in [5.41, 5.74) is 1.35. The predicted molar refractivity (Wildman–Crippen MR) is 59.7 cm³/mol. The Morgan fingerprint density at radius 1 is 1.07 bits per heavy atom. The van der Waals surface area contributed by atoms with Gasteiger partial charge in [-0.25, -0.2) is 4.39 Å². The molecule has 15 heavy (non-hydrogen) atoms. The van der Waals surface area contributed by atoms with Gasteiger partial charge in [0.05, 0.1) is 6.20 Å². The highest BCUT2D eigenvalue weighted by atomic mass is 35.5. The van der Waals surface area contributed by atoms with E-state index in [0.717, 1.165) is 6.20 Å². The minimum atomic E-state index is -0.390. The SMILES string of the molecule is Fc1cncc(-c2ccc(Cl)cc2Cl)c1. The molecular weight excluding hydrogens is 236 g/mol. The van der Waals surface area contributed by atoms with Gasteiger partial charge < -0.3 is 0 Å². The highest BCUT2D eigenvalue weighted by Crippen LogP contribution is 2.29. The first kappa shape index (κ1) is 10.4. The number of benzene rings is 1. The van der Waals surface area contributed by atoms with E-state index in [2.05, 4.69) is 4.98 Å². The molecule has 0 bridgehead atoms. The average molecular weight is 242 g/mol. The van der Waals surface area contributed by atoms with Crippen molar-refractivity contribution in [3.8, 4) is 11.1 Å². The summed E-state index contributed by atoms with van der Waals surface area (Å²) in [6, 6.07) is 6.43. The maximum Gasteiger partial charge on any atom is 0.142 e. The molecular formula is C11H6Cl2FN. The van der Waals surface area contributed by atoms with Gasteiger partial charge in [0.2, 0.25) is 0 Å². The topological polar surface area (TPSA) is 12.9 Å². The monoisotopic (exact) mass is 241 g/mol. The molecule has 1 nitrogen and oxygen atoms in total. The van der Waals surface area contributed by atoms with Crippen molar-refractivity contribution >= 4 is 23.2 Å². The van der Waals surface area contributed by atoms with Crippen molar-refractivity contribution in [2.24, 2.45) is 0 Å². The lowest BCUT2D eigenvalue weighted by Crippen LogP contribution is -1.84. The normalized spacial score (nSPS) is 10.3. The summed E-state index contributed by atoms with van der Waals surface area (Å²) < 4.78 is 12.9. The van der Waals surface area contributed by atoms with E-state index in [1.54, 1.807) is 24.4 Å². The van der Waals surface area contributed by atoms with Crippen LogP contribution in [0.5, 0.6) is 0 Å². The Kier molecular flexibility index (Phi) is 2.89. The number of hydrogen-bond donors (Lipinski definition) is 0. The second-order valence-corrected chi connectivity index (χ2v) is 3.86. The minimum Gasteiger partial charge on any atom is -0.261 e. The van der Waals surface area contributed by atoms with E-state index < -0.39 is 5.82 Å². The van der Waals surface area contributed by atoms with E-state index in [9.17, 15) is 4.39 Å². The summed E-state index contributed by atoms with van der Waals surface area (Å²) in [4.78, 5) is 3.76. The summed E-state index contributed by atoms with van der Waals surface area (Å²) in [5, 5.41) is 1.03. The molecule has 2 rings (SSSR count). The van der Waals surface area contributed by atoms with E-state index in [4.69, 9.17) is 23.2 Å². The van der Waals surface area contributed by atoms with Gasteiger partial charge in [0, 0.05) is 27.4 Å². The van der Waals surface area contributed by atoms with Crippen LogP contribution in [0.25, 0.3) is 11.1 Å². The lowest BCUT2D eigenvalue weighted by atomic mass is 10.1. The Hall–Kier alpha value is -1.12. The van der Waals surface area contributed by atoms with Gasteiger partial charge in [0.15, 0.2) is 0 Å². The first-order valence-electron chi connectivity index (χ1n) is 4.23. The number of rotatable bonds is 1. The molecule has 0 unspecified atom stereocenters. The molecule has 0 saturated heterocycles. The number of aromatic nitrogens is 1. The summed E-state index contributed by atoms with van der Waals surface area (Å²) in [5.74, 6) is -0.390.